The number of amides is 2. The number of rotatable bonds is 8. The van der Waals surface area contributed by atoms with E-state index in [4.69, 9.17) is 9.84 Å². The van der Waals surface area contributed by atoms with Crippen LogP contribution in [0.1, 0.15) is 16.8 Å². The van der Waals surface area contributed by atoms with Gasteiger partial charge in [-0.3, -0.25) is 5.32 Å². The fraction of sp³-hybridized carbons (Fsp3) is 0.389. The van der Waals surface area contributed by atoms with Gasteiger partial charge < -0.3 is 20.5 Å². The molecule has 0 atom stereocenters. The number of carbonyl (C=O) groups excluding carboxylic acids is 1. The molecular weight excluding hydrogens is 334 g/mol. The van der Waals surface area contributed by atoms with Crippen LogP contribution in [0, 0.1) is 20.8 Å². The molecule has 0 aliphatic heterocycles. The Morgan fingerprint density at radius 1 is 1.08 bits per heavy atom. The monoisotopic (exact) mass is 359 g/mol. The summed E-state index contributed by atoms with van der Waals surface area (Å²) < 4.78 is 5.18. The van der Waals surface area contributed by atoms with E-state index >= 15 is 0 Å². The predicted molar refractivity (Wildman–Crippen MR) is 102 cm³/mol. The fourth-order valence-electron chi connectivity index (χ4n) is 2.22. The molecule has 8 heteroatoms. The third kappa shape index (κ3) is 6.30. The van der Waals surface area contributed by atoms with Crippen molar-refractivity contribution < 1.29 is 14.6 Å². The molecule has 2 amide bonds. The first-order valence-electron chi connectivity index (χ1n) is 8.41. The first kappa shape index (κ1) is 19.6. The van der Waals surface area contributed by atoms with Gasteiger partial charge in [-0.1, -0.05) is 6.07 Å². The van der Waals surface area contributed by atoms with E-state index in [1.807, 2.05) is 39.0 Å². The fourth-order valence-corrected chi connectivity index (χ4v) is 2.22. The number of carbonyl (C=O) groups is 1. The van der Waals surface area contributed by atoms with E-state index in [1.54, 1.807) is 6.07 Å². The van der Waals surface area contributed by atoms with Gasteiger partial charge in [0.2, 0.25) is 5.95 Å². The summed E-state index contributed by atoms with van der Waals surface area (Å²) in [4.78, 5) is 20.6. The van der Waals surface area contributed by atoms with Crippen molar-refractivity contribution in [2.24, 2.45) is 0 Å². The van der Waals surface area contributed by atoms with Crippen LogP contribution in [0.3, 0.4) is 0 Å². The first-order chi connectivity index (χ1) is 12.5. The van der Waals surface area contributed by atoms with Crippen molar-refractivity contribution in [1.29, 1.82) is 0 Å². The van der Waals surface area contributed by atoms with E-state index in [2.05, 4.69) is 25.9 Å². The van der Waals surface area contributed by atoms with E-state index in [1.165, 1.54) is 0 Å². The number of anilines is 3. The van der Waals surface area contributed by atoms with Crippen LogP contribution in [0.2, 0.25) is 0 Å². The molecule has 0 bridgehead atoms. The van der Waals surface area contributed by atoms with E-state index in [9.17, 15) is 4.79 Å². The van der Waals surface area contributed by atoms with Crippen molar-refractivity contribution in [1.82, 2.24) is 9.97 Å². The van der Waals surface area contributed by atoms with Gasteiger partial charge in [0.05, 0.1) is 19.8 Å². The Balaban J connectivity index is 1.93. The highest BCUT2D eigenvalue weighted by Gasteiger charge is 2.08. The van der Waals surface area contributed by atoms with Crippen LogP contribution in [0.25, 0.3) is 0 Å². The van der Waals surface area contributed by atoms with Crippen LogP contribution in [-0.2, 0) is 4.74 Å². The Hall–Kier alpha value is -2.71. The topological polar surface area (TPSA) is 108 Å². The Morgan fingerprint density at radius 2 is 1.88 bits per heavy atom. The van der Waals surface area contributed by atoms with Crippen molar-refractivity contribution in [3.63, 3.8) is 0 Å². The number of benzene rings is 1. The van der Waals surface area contributed by atoms with Crippen LogP contribution in [0.4, 0.5) is 22.2 Å². The van der Waals surface area contributed by atoms with Gasteiger partial charge >= 0.3 is 6.03 Å². The zero-order valence-corrected chi connectivity index (χ0v) is 15.3. The molecule has 0 saturated heterocycles. The maximum atomic E-state index is 12.2. The van der Waals surface area contributed by atoms with E-state index in [-0.39, 0.29) is 12.6 Å². The Morgan fingerprint density at radius 3 is 2.62 bits per heavy atom. The van der Waals surface area contributed by atoms with Gasteiger partial charge in [-0.2, -0.15) is 4.98 Å². The van der Waals surface area contributed by atoms with Crippen LogP contribution in [-0.4, -0.2) is 47.5 Å². The van der Waals surface area contributed by atoms with Gasteiger partial charge in [-0.25, -0.2) is 9.78 Å². The molecule has 0 aliphatic carbocycles. The molecule has 0 fully saturated rings. The predicted octanol–water partition coefficient (Wildman–Crippen LogP) is 2.47. The maximum Gasteiger partial charge on any atom is 0.326 e. The maximum absolute atomic E-state index is 12.2. The number of aliphatic hydroxyl groups is 1. The van der Waals surface area contributed by atoms with Gasteiger partial charge in [0.25, 0.3) is 0 Å². The number of aryl methyl sites for hydroxylation is 3. The lowest BCUT2D eigenvalue weighted by Crippen LogP contribution is -2.21. The molecular formula is C18H25N5O3. The van der Waals surface area contributed by atoms with Crippen molar-refractivity contribution in [2.75, 3.05) is 42.3 Å². The molecule has 1 aromatic heterocycles. The molecule has 0 radical (unpaired) electrons. The van der Waals surface area contributed by atoms with Crippen LogP contribution < -0.4 is 16.0 Å². The average molecular weight is 359 g/mol. The summed E-state index contributed by atoms with van der Waals surface area (Å²) in [6.07, 6.45) is 0. The minimum absolute atomic E-state index is 0.00367. The zero-order valence-electron chi connectivity index (χ0n) is 15.3. The van der Waals surface area contributed by atoms with Crippen molar-refractivity contribution >= 4 is 23.5 Å². The van der Waals surface area contributed by atoms with Crippen LogP contribution in [0.5, 0.6) is 0 Å². The van der Waals surface area contributed by atoms with Crippen molar-refractivity contribution in [3.8, 4) is 0 Å². The van der Waals surface area contributed by atoms with Gasteiger partial charge in [-0.15, -0.1) is 0 Å². The Bertz CT molecular complexity index is 752. The highest BCUT2D eigenvalue weighted by atomic mass is 16.5. The number of hydrogen-bond donors (Lipinski definition) is 4. The van der Waals surface area contributed by atoms with Crippen molar-refractivity contribution in [2.45, 2.75) is 20.8 Å². The quantitative estimate of drug-likeness (QED) is 0.539. The van der Waals surface area contributed by atoms with Crippen LogP contribution in [0.15, 0.2) is 24.3 Å². The highest BCUT2D eigenvalue weighted by Crippen LogP contribution is 2.15. The molecule has 2 aromatic rings. The lowest BCUT2D eigenvalue weighted by atomic mass is 10.1. The van der Waals surface area contributed by atoms with Gasteiger partial charge in [0, 0.05) is 24.0 Å². The molecule has 4 N–H and O–H groups in total. The molecule has 26 heavy (non-hydrogen) atoms. The standard InChI is InChI=1S/C18H25N5O3/c1-12-4-5-15(10-13(12)2)21-18(25)23-17-20-14(3)11-16(22-17)19-6-8-26-9-7-24/h4-5,10-11,24H,6-9H2,1-3H3,(H3,19,20,21,22,23,25). The largest absolute Gasteiger partial charge is 0.394 e. The van der Waals surface area contributed by atoms with Gasteiger partial charge in [-0.05, 0) is 44.0 Å². The summed E-state index contributed by atoms with van der Waals surface area (Å²) in [5, 5.41) is 17.2. The first-order valence-corrected chi connectivity index (χ1v) is 8.41. The number of aliphatic hydroxyl groups excluding tert-OH is 1. The molecule has 0 unspecified atom stereocenters. The number of nitrogens with zero attached hydrogens (tertiary/aromatic N) is 2. The molecule has 8 nitrogen and oxygen atoms in total. The lowest BCUT2D eigenvalue weighted by molar-refractivity contribution is 0.0992. The Kier molecular flexibility index (Phi) is 7.31. The summed E-state index contributed by atoms with van der Waals surface area (Å²) in [6.45, 7) is 7.10. The molecule has 1 heterocycles. The second-order valence-corrected chi connectivity index (χ2v) is 5.86. The molecule has 2 rings (SSSR count). The van der Waals surface area contributed by atoms with E-state index < -0.39 is 6.03 Å². The van der Waals surface area contributed by atoms with E-state index in [0.717, 1.165) is 16.8 Å². The average Bonchev–Trinajstić information content (AvgIpc) is 2.57. The summed E-state index contributed by atoms with van der Waals surface area (Å²) in [5.41, 5.74) is 3.69. The minimum atomic E-state index is -0.406. The normalized spacial score (nSPS) is 10.5. The van der Waals surface area contributed by atoms with Crippen LogP contribution >= 0.6 is 0 Å². The Labute approximate surface area is 153 Å². The molecule has 0 saturated carbocycles. The summed E-state index contributed by atoms with van der Waals surface area (Å²) in [7, 11) is 0. The number of ether oxygens (including phenoxy) is 1. The van der Waals surface area contributed by atoms with Crippen molar-refractivity contribution in [3.05, 3.63) is 41.1 Å². The summed E-state index contributed by atoms with van der Waals surface area (Å²) in [6, 6.07) is 7.08. The van der Waals surface area contributed by atoms with Gasteiger partial charge in [0.1, 0.15) is 5.82 Å². The number of nitrogens with one attached hydrogen (secondary N) is 3. The molecule has 0 aliphatic rings. The number of aromatic nitrogens is 2. The molecule has 1 aromatic carbocycles. The summed E-state index contributed by atoms with van der Waals surface area (Å²) in [5.74, 6) is 0.802. The number of urea groups is 1. The van der Waals surface area contributed by atoms with Gasteiger partial charge in [0.15, 0.2) is 0 Å². The third-order valence-corrected chi connectivity index (χ3v) is 3.63. The second kappa shape index (κ2) is 9.69. The zero-order chi connectivity index (χ0) is 18.9. The highest BCUT2D eigenvalue weighted by molar-refractivity contribution is 5.98. The SMILES string of the molecule is Cc1cc(NCCOCCO)nc(NC(=O)Nc2ccc(C)c(C)c2)n1. The third-order valence-electron chi connectivity index (χ3n) is 3.63. The molecule has 0 spiro atoms. The number of hydrogen-bond acceptors (Lipinski definition) is 6. The minimum Gasteiger partial charge on any atom is -0.394 e. The molecule has 140 valence electrons. The smallest absolute Gasteiger partial charge is 0.326 e. The van der Waals surface area contributed by atoms with E-state index in [0.29, 0.717) is 31.3 Å². The second-order valence-electron chi connectivity index (χ2n) is 5.86. The lowest BCUT2D eigenvalue weighted by Gasteiger charge is -2.11. The summed E-state index contributed by atoms with van der Waals surface area (Å²) >= 11 is 0.